The van der Waals surface area contributed by atoms with Crippen LogP contribution in [0.4, 0.5) is 0 Å². The van der Waals surface area contributed by atoms with Gasteiger partial charge in [0.05, 0.1) is 12.6 Å². The number of carbonyl (C=O) groups is 1. The number of pyridine rings is 1. The first-order chi connectivity index (χ1) is 9.20. The van der Waals surface area contributed by atoms with Gasteiger partial charge in [-0.05, 0) is 40.9 Å². The van der Waals surface area contributed by atoms with E-state index in [1.165, 1.54) is 0 Å². The number of hydrogen-bond donors (Lipinski definition) is 1. The van der Waals surface area contributed by atoms with E-state index in [0.717, 1.165) is 25.9 Å². The molecule has 0 radical (unpaired) electrons. The molecule has 2 rings (SSSR count). The van der Waals surface area contributed by atoms with Crippen LogP contribution in [0, 0.1) is 11.3 Å². The lowest BCUT2D eigenvalue weighted by atomic mass is 10.0. The molecular weight excluding hydrogens is 308 g/mol. The van der Waals surface area contributed by atoms with Crippen LogP contribution in [0.1, 0.15) is 23.3 Å². The van der Waals surface area contributed by atoms with E-state index >= 15 is 0 Å². The van der Waals surface area contributed by atoms with Crippen LogP contribution < -0.4 is 5.32 Å². The lowest BCUT2D eigenvalue weighted by Gasteiger charge is -2.30. The summed E-state index contributed by atoms with van der Waals surface area (Å²) in [5, 5.41) is 11.6. The second-order valence-electron chi connectivity index (χ2n) is 4.52. The van der Waals surface area contributed by atoms with E-state index < -0.39 is 0 Å². The SMILES string of the molecule is N#CCN1CCC(NC(=O)c2ncccc2Br)CC1. The zero-order chi connectivity index (χ0) is 13.7. The molecule has 0 spiro atoms. The van der Waals surface area contributed by atoms with Crippen molar-refractivity contribution in [2.75, 3.05) is 19.6 Å². The summed E-state index contributed by atoms with van der Waals surface area (Å²) in [6, 6.07) is 5.89. The Labute approximate surface area is 120 Å². The maximum absolute atomic E-state index is 12.1. The van der Waals surface area contributed by atoms with Gasteiger partial charge in [-0.25, -0.2) is 4.98 Å². The van der Waals surface area contributed by atoms with Crippen LogP contribution in [0.25, 0.3) is 0 Å². The molecule has 1 aliphatic rings. The van der Waals surface area contributed by atoms with Crippen LogP contribution in [0.3, 0.4) is 0 Å². The van der Waals surface area contributed by atoms with Gasteiger partial charge < -0.3 is 5.32 Å². The third kappa shape index (κ3) is 3.75. The first-order valence-electron chi connectivity index (χ1n) is 6.21. The molecule has 1 amide bonds. The Kier molecular flexibility index (Phi) is 4.88. The average molecular weight is 323 g/mol. The Bertz CT molecular complexity index is 492. The molecule has 1 aromatic rings. The number of nitrogens with zero attached hydrogens (tertiary/aromatic N) is 3. The van der Waals surface area contributed by atoms with Crippen molar-refractivity contribution in [1.29, 1.82) is 5.26 Å². The molecule has 6 heteroatoms. The molecular formula is C13H15BrN4O. The molecule has 1 aliphatic heterocycles. The third-order valence-corrected chi connectivity index (χ3v) is 3.83. The molecule has 1 aromatic heterocycles. The van der Waals surface area contributed by atoms with E-state index in [9.17, 15) is 4.79 Å². The fourth-order valence-electron chi connectivity index (χ4n) is 2.14. The molecule has 5 nitrogen and oxygen atoms in total. The lowest BCUT2D eigenvalue weighted by Crippen LogP contribution is -2.44. The van der Waals surface area contributed by atoms with Gasteiger partial charge in [0.2, 0.25) is 0 Å². The van der Waals surface area contributed by atoms with Crippen molar-refractivity contribution < 1.29 is 4.79 Å². The number of carbonyl (C=O) groups excluding carboxylic acids is 1. The summed E-state index contributed by atoms with van der Waals surface area (Å²) < 4.78 is 0.703. The summed E-state index contributed by atoms with van der Waals surface area (Å²) in [5.74, 6) is -0.147. The van der Waals surface area contributed by atoms with Gasteiger partial charge in [0.1, 0.15) is 5.69 Å². The number of amides is 1. The molecule has 0 unspecified atom stereocenters. The predicted octanol–water partition coefficient (Wildman–Crippen LogP) is 1.56. The topological polar surface area (TPSA) is 69.0 Å². The fourth-order valence-corrected chi connectivity index (χ4v) is 2.58. The van der Waals surface area contributed by atoms with Crippen LogP contribution in [-0.4, -0.2) is 41.5 Å². The lowest BCUT2D eigenvalue weighted by molar-refractivity contribution is 0.0908. The van der Waals surface area contributed by atoms with Crippen molar-refractivity contribution in [1.82, 2.24) is 15.2 Å². The summed E-state index contributed by atoms with van der Waals surface area (Å²) in [7, 11) is 0. The van der Waals surface area contributed by atoms with Gasteiger partial charge in [0.25, 0.3) is 5.91 Å². The van der Waals surface area contributed by atoms with Crippen molar-refractivity contribution in [3.63, 3.8) is 0 Å². The molecule has 100 valence electrons. The Morgan fingerprint density at radius 2 is 2.32 bits per heavy atom. The molecule has 0 saturated carbocycles. The molecule has 19 heavy (non-hydrogen) atoms. The Morgan fingerprint density at radius 3 is 2.95 bits per heavy atom. The van der Waals surface area contributed by atoms with Gasteiger partial charge in [-0.15, -0.1) is 0 Å². The quantitative estimate of drug-likeness (QED) is 0.857. The van der Waals surface area contributed by atoms with Crippen molar-refractivity contribution in [2.24, 2.45) is 0 Å². The maximum Gasteiger partial charge on any atom is 0.271 e. The summed E-state index contributed by atoms with van der Waals surface area (Å²) in [4.78, 5) is 18.2. The van der Waals surface area contributed by atoms with E-state index in [1.807, 2.05) is 0 Å². The van der Waals surface area contributed by atoms with Crippen molar-refractivity contribution in [2.45, 2.75) is 18.9 Å². The van der Waals surface area contributed by atoms with Gasteiger partial charge in [-0.2, -0.15) is 5.26 Å². The number of nitriles is 1. The summed E-state index contributed by atoms with van der Waals surface area (Å²) in [6.07, 6.45) is 3.35. The van der Waals surface area contributed by atoms with Crippen LogP contribution in [-0.2, 0) is 0 Å². The van der Waals surface area contributed by atoms with Gasteiger partial charge in [0, 0.05) is 29.8 Å². The highest BCUT2D eigenvalue weighted by Gasteiger charge is 2.21. The highest BCUT2D eigenvalue weighted by atomic mass is 79.9. The number of aromatic nitrogens is 1. The largest absolute Gasteiger partial charge is 0.348 e. The first kappa shape index (κ1) is 14.0. The zero-order valence-corrected chi connectivity index (χ0v) is 12.1. The van der Waals surface area contributed by atoms with E-state index in [-0.39, 0.29) is 11.9 Å². The minimum atomic E-state index is -0.147. The molecule has 1 N–H and O–H groups in total. The van der Waals surface area contributed by atoms with E-state index in [4.69, 9.17) is 5.26 Å². The van der Waals surface area contributed by atoms with Crippen LogP contribution in [0.2, 0.25) is 0 Å². The number of nitrogens with one attached hydrogen (secondary N) is 1. The summed E-state index contributed by atoms with van der Waals surface area (Å²) in [6.45, 7) is 2.16. The maximum atomic E-state index is 12.1. The second kappa shape index (κ2) is 6.64. The number of piperidine rings is 1. The van der Waals surface area contributed by atoms with Crippen LogP contribution in [0.15, 0.2) is 22.8 Å². The summed E-state index contributed by atoms with van der Waals surface area (Å²) >= 11 is 3.32. The minimum Gasteiger partial charge on any atom is -0.348 e. The summed E-state index contributed by atoms with van der Waals surface area (Å²) in [5.41, 5.74) is 0.418. The zero-order valence-electron chi connectivity index (χ0n) is 10.5. The van der Waals surface area contributed by atoms with Gasteiger partial charge in [0.15, 0.2) is 0 Å². The van der Waals surface area contributed by atoms with Crippen molar-refractivity contribution >= 4 is 21.8 Å². The average Bonchev–Trinajstić information content (AvgIpc) is 2.42. The highest BCUT2D eigenvalue weighted by molar-refractivity contribution is 9.10. The molecule has 0 aromatic carbocycles. The van der Waals surface area contributed by atoms with Gasteiger partial charge >= 0.3 is 0 Å². The molecule has 0 atom stereocenters. The van der Waals surface area contributed by atoms with Crippen molar-refractivity contribution in [3.8, 4) is 6.07 Å². The molecule has 1 fully saturated rings. The first-order valence-corrected chi connectivity index (χ1v) is 7.00. The number of hydrogen-bond acceptors (Lipinski definition) is 4. The standard InChI is InChI=1S/C13H15BrN4O/c14-11-2-1-6-16-12(11)13(19)17-10-3-7-18(8-4-10)9-5-15/h1-2,6,10H,3-4,7-9H2,(H,17,19). The normalized spacial score (nSPS) is 16.8. The smallest absolute Gasteiger partial charge is 0.271 e. The second-order valence-corrected chi connectivity index (χ2v) is 5.37. The Balaban J connectivity index is 1.88. The predicted molar refractivity (Wildman–Crippen MR) is 74.5 cm³/mol. The highest BCUT2D eigenvalue weighted by Crippen LogP contribution is 2.15. The third-order valence-electron chi connectivity index (χ3n) is 3.19. The molecule has 0 aliphatic carbocycles. The molecule has 1 saturated heterocycles. The number of likely N-dealkylation sites (tertiary alicyclic amines) is 1. The van der Waals surface area contributed by atoms with E-state index in [1.54, 1.807) is 18.3 Å². The number of rotatable bonds is 3. The van der Waals surface area contributed by atoms with Gasteiger partial charge in [-0.1, -0.05) is 0 Å². The van der Waals surface area contributed by atoms with E-state index in [2.05, 4.69) is 37.2 Å². The Morgan fingerprint density at radius 1 is 1.58 bits per heavy atom. The molecule has 2 heterocycles. The van der Waals surface area contributed by atoms with E-state index in [0.29, 0.717) is 16.7 Å². The fraction of sp³-hybridized carbons (Fsp3) is 0.462. The monoisotopic (exact) mass is 322 g/mol. The van der Waals surface area contributed by atoms with Crippen molar-refractivity contribution in [3.05, 3.63) is 28.5 Å². The Hall–Kier alpha value is -1.45. The number of halogens is 1. The van der Waals surface area contributed by atoms with Gasteiger partial charge in [-0.3, -0.25) is 9.69 Å². The van der Waals surface area contributed by atoms with Crippen LogP contribution in [0.5, 0.6) is 0 Å². The minimum absolute atomic E-state index is 0.147. The van der Waals surface area contributed by atoms with Crippen LogP contribution >= 0.6 is 15.9 Å². The molecule has 0 bridgehead atoms.